The van der Waals surface area contributed by atoms with Crippen LogP contribution in [0.5, 0.6) is 11.6 Å². The number of aromatic nitrogens is 1. The number of nitrogens with one attached hydrogen (secondary N) is 1. The maximum absolute atomic E-state index is 12.7. The second-order valence-corrected chi connectivity index (χ2v) is 7.74. The van der Waals surface area contributed by atoms with E-state index in [0.29, 0.717) is 18.2 Å². The Labute approximate surface area is 170 Å². The lowest BCUT2D eigenvalue weighted by atomic mass is 9.84. The Morgan fingerprint density at radius 2 is 1.66 bits per heavy atom. The van der Waals surface area contributed by atoms with Gasteiger partial charge in [0, 0.05) is 5.69 Å². The number of aromatic hydroxyl groups is 2. The number of benzene rings is 2. The molecular weight excluding hydrogens is 364 g/mol. The van der Waals surface area contributed by atoms with E-state index >= 15 is 0 Å². The largest absolute Gasteiger partial charge is 0.505 e. The van der Waals surface area contributed by atoms with E-state index in [4.69, 9.17) is 0 Å². The van der Waals surface area contributed by atoms with Gasteiger partial charge in [-0.3, -0.25) is 4.79 Å². The van der Waals surface area contributed by atoms with E-state index in [9.17, 15) is 15.0 Å². The summed E-state index contributed by atoms with van der Waals surface area (Å²) < 4.78 is 1.46. The second-order valence-electron chi connectivity index (χ2n) is 7.74. The van der Waals surface area contributed by atoms with E-state index in [2.05, 4.69) is 17.4 Å². The van der Waals surface area contributed by atoms with Gasteiger partial charge in [-0.05, 0) is 42.0 Å². The molecule has 3 N–H and O–H groups in total. The van der Waals surface area contributed by atoms with E-state index in [0.717, 1.165) is 5.56 Å². The van der Waals surface area contributed by atoms with Crippen LogP contribution in [0.15, 0.2) is 60.8 Å². The zero-order valence-electron chi connectivity index (χ0n) is 16.3. The lowest BCUT2D eigenvalue weighted by molar-refractivity contribution is 0.102. The van der Waals surface area contributed by atoms with Crippen LogP contribution in [0.2, 0.25) is 0 Å². The summed E-state index contributed by atoms with van der Waals surface area (Å²) in [7, 11) is 0. The van der Waals surface area contributed by atoms with Crippen LogP contribution < -0.4 is 5.32 Å². The van der Waals surface area contributed by atoms with Crippen molar-refractivity contribution < 1.29 is 15.0 Å². The van der Waals surface area contributed by atoms with E-state index < -0.39 is 5.91 Å². The number of rotatable bonds is 5. The number of nitrogens with zero attached hydrogens (tertiary/aromatic N) is 1. The van der Waals surface area contributed by atoms with Crippen LogP contribution in [-0.4, -0.2) is 20.7 Å². The maximum Gasteiger partial charge on any atom is 0.264 e. The fourth-order valence-corrected chi connectivity index (χ4v) is 4.12. The molecule has 5 heteroatoms. The zero-order valence-corrected chi connectivity index (χ0v) is 16.3. The van der Waals surface area contributed by atoms with Crippen LogP contribution >= 0.6 is 0 Å². The second kappa shape index (κ2) is 8.43. The predicted octanol–water partition coefficient (Wildman–Crippen LogP) is 5.25. The molecule has 0 bridgehead atoms. The van der Waals surface area contributed by atoms with Crippen molar-refractivity contribution in [2.24, 2.45) is 0 Å². The zero-order chi connectivity index (χ0) is 20.2. The van der Waals surface area contributed by atoms with Gasteiger partial charge in [0.2, 0.25) is 5.88 Å². The molecule has 0 saturated heterocycles. The van der Waals surface area contributed by atoms with E-state index in [1.54, 1.807) is 0 Å². The van der Waals surface area contributed by atoms with Gasteiger partial charge in [-0.15, -0.1) is 0 Å². The van der Waals surface area contributed by atoms with Gasteiger partial charge in [0.25, 0.3) is 5.91 Å². The Morgan fingerprint density at radius 3 is 2.34 bits per heavy atom. The number of anilines is 1. The van der Waals surface area contributed by atoms with Crippen molar-refractivity contribution in [2.75, 3.05) is 5.32 Å². The molecule has 0 aliphatic heterocycles. The van der Waals surface area contributed by atoms with Gasteiger partial charge in [0.05, 0.1) is 12.7 Å². The van der Waals surface area contributed by atoms with Crippen LogP contribution in [0.3, 0.4) is 0 Å². The molecule has 1 saturated carbocycles. The minimum Gasteiger partial charge on any atom is -0.505 e. The molecule has 1 amide bonds. The molecule has 5 nitrogen and oxygen atoms in total. The standard InChI is InChI=1S/C24H26N2O3/c27-21-16-26(15-17-7-3-1-4-8-17)24(29)22(21)23(28)25-20-13-11-19(12-14-20)18-9-5-2-6-10-18/h1,3-4,7-8,11-14,16,18,27,29H,2,5-6,9-10,15H2,(H,25,28). The number of hydrogen-bond acceptors (Lipinski definition) is 3. The Kier molecular flexibility index (Phi) is 5.56. The van der Waals surface area contributed by atoms with Crippen LogP contribution in [0.25, 0.3) is 0 Å². The quantitative estimate of drug-likeness (QED) is 0.557. The molecule has 2 aromatic carbocycles. The summed E-state index contributed by atoms with van der Waals surface area (Å²) in [6.45, 7) is 0.365. The molecule has 0 atom stereocenters. The summed E-state index contributed by atoms with van der Waals surface area (Å²) in [5.74, 6) is -0.414. The number of amides is 1. The number of hydrogen-bond donors (Lipinski definition) is 3. The van der Waals surface area contributed by atoms with Crippen LogP contribution in [0.1, 0.15) is 59.5 Å². The van der Waals surface area contributed by atoms with E-state index in [1.807, 2.05) is 42.5 Å². The van der Waals surface area contributed by atoms with Crippen molar-refractivity contribution in [1.29, 1.82) is 0 Å². The van der Waals surface area contributed by atoms with Crippen molar-refractivity contribution >= 4 is 11.6 Å². The third kappa shape index (κ3) is 4.29. The summed E-state index contributed by atoms with van der Waals surface area (Å²) in [4.78, 5) is 12.7. The number of carbonyl (C=O) groups excluding carboxylic acids is 1. The first-order valence-electron chi connectivity index (χ1n) is 10.2. The highest BCUT2D eigenvalue weighted by Crippen LogP contribution is 2.34. The third-order valence-corrected chi connectivity index (χ3v) is 5.70. The Morgan fingerprint density at radius 1 is 0.966 bits per heavy atom. The fraction of sp³-hybridized carbons (Fsp3) is 0.292. The Bertz CT molecular complexity index is 971. The van der Waals surface area contributed by atoms with Crippen molar-refractivity contribution in [3.05, 3.63) is 77.5 Å². The molecule has 1 aliphatic carbocycles. The van der Waals surface area contributed by atoms with Gasteiger partial charge in [0.1, 0.15) is 11.3 Å². The summed E-state index contributed by atoms with van der Waals surface area (Å²) >= 11 is 0. The van der Waals surface area contributed by atoms with E-state index in [1.165, 1.54) is 48.4 Å². The molecule has 1 heterocycles. The molecule has 0 unspecified atom stereocenters. The molecule has 0 radical (unpaired) electrons. The average molecular weight is 390 g/mol. The molecule has 4 rings (SSSR count). The molecule has 1 aromatic heterocycles. The van der Waals surface area contributed by atoms with Crippen molar-refractivity contribution in [3.8, 4) is 11.6 Å². The Balaban J connectivity index is 1.47. The van der Waals surface area contributed by atoms with Crippen LogP contribution in [-0.2, 0) is 6.54 Å². The highest BCUT2D eigenvalue weighted by atomic mass is 16.3. The molecule has 29 heavy (non-hydrogen) atoms. The monoisotopic (exact) mass is 390 g/mol. The van der Waals surface area contributed by atoms with Crippen LogP contribution in [0, 0.1) is 0 Å². The van der Waals surface area contributed by atoms with Gasteiger partial charge < -0.3 is 20.1 Å². The maximum atomic E-state index is 12.7. The normalized spacial score (nSPS) is 14.6. The first kappa shape index (κ1) is 19.1. The molecule has 150 valence electrons. The fourth-order valence-electron chi connectivity index (χ4n) is 4.12. The van der Waals surface area contributed by atoms with Crippen LogP contribution in [0.4, 0.5) is 5.69 Å². The van der Waals surface area contributed by atoms with Gasteiger partial charge in [-0.1, -0.05) is 61.7 Å². The van der Waals surface area contributed by atoms with Gasteiger partial charge >= 0.3 is 0 Å². The van der Waals surface area contributed by atoms with Crippen molar-refractivity contribution in [2.45, 2.75) is 44.6 Å². The lowest BCUT2D eigenvalue weighted by Crippen LogP contribution is -2.12. The van der Waals surface area contributed by atoms with Gasteiger partial charge in [-0.25, -0.2) is 0 Å². The molecule has 3 aromatic rings. The van der Waals surface area contributed by atoms with Crippen molar-refractivity contribution in [1.82, 2.24) is 4.57 Å². The highest BCUT2D eigenvalue weighted by molar-refractivity contribution is 6.08. The SMILES string of the molecule is O=C(Nc1ccc(C2CCCCC2)cc1)c1c(O)cn(Cc2ccccc2)c1O. The highest BCUT2D eigenvalue weighted by Gasteiger charge is 2.22. The lowest BCUT2D eigenvalue weighted by Gasteiger charge is -2.22. The first-order valence-corrected chi connectivity index (χ1v) is 10.2. The Hall–Kier alpha value is -3.21. The van der Waals surface area contributed by atoms with E-state index in [-0.39, 0.29) is 17.2 Å². The summed E-state index contributed by atoms with van der Waals surface area (Å²) in [5.41, 5.74) is 2.80. The topological polar surface area (TPSA) is 74.5 Å². The predicted molar refractivity (Wildman–Crippen MR) is 114 cm³/mol. The summed E-state index contributed by atoms with van der Waals surface area (Å²) in [5, 5.41) is 23.5. The van der Waals surface area contributed by atoms with Crippen molar-refractivity contribution in [3.63, 3.8) is 0 Å². The summed E-state index contributed by atoms with van der Waals surface area (Å²) in [6, 6.07) is 17.5. The number of carbonyl (C=O) groups is 1. The summed E-state index contributed by atoms with van der Waals surface area (Å²) in [6.07, 6.45) is 7.71. The molecule has 1 fully saturated rings. The smallest absolute Gasteiger partial charge is 0.264 e. The molecule has 1 aliphatic rings. The van der Waals surface area contributed by atoms with Gasteiger partial charge in [0.15, 0.2) is 0 Å². The minimum atomic E-state index is -0.530. The van der Waals surface area contributed by atoms with Gasteiger partial charge in [-0.2, -0.15) is 0 Å². The third-order valence-electron chi connectivity index (χ3n) is 5.70. The average Bonchev–Trinajstić information content (AvgIpc) is 3.03. The first-order chi connectivity index (χ1) is 14.1. The molecule has 0 spiro atoms. The molecular formula is C24H26N2O3. The minimum absolute atomic E-state index is 0.114.